The Bertz CT molecular complexity index is 570. The third kappa shape index (κ3) is 8.14. The van der Waals surface area contributed by atoms with Crippen molar-refractivity contribution in [1.82, 2.24) is 0 Å². The van der Waals surface area contributed by atoms with E-state index in [4.69, 9.17) is 10.5 Å². The van der Waals surface area contributed by atoms with Gasteiger partial charge in [0, 0.05) is 13.8 Å². The minimum Gasteiger partial charge on any atom is -0.462 e. The van der Waals surface area contributed by atoms with E-state index in [0.29, 0.717) is 0 Å². The van der Waals surface area contributed by atoms with Gasteiger partial charge in [-0.25, -0.2) is 9.59 Å². The Hall–Kier alpha value is -3.40. The lowest BCUT2D eigenvalue weighted by molar-refractivity contribution is -0.149. The summed E-state index contributed by atoms with van der Waals surface area (Å²) in [4.78, 5) is 44.4. The second-order valence-electron chi connectivity index (χ2n) is 3.93. The molecule has 128 valence electrons. The molecule has 0 aliphatic rings. The molecule has 10 heteroatoms. The van der Waals surface area contributed by atoms with E-state index in [1.165, 1.54) is 12.1 Å². The van der Waals surface area contributed by atoms with Gasteiger partial charge >= 0.3 is 23.9 Å². The van der Waals surface area contributed by atoms with Crippen LogP contribution >= 0.6 is 0 Å². The van der Waals surface area contributed by atoms with Crippen molar-refractivity contribution >= 4 is 23.9 Å². The van der Waals surface area contributed by atoms with Crippen molar-refractivity contribution in [1.29, 1.82) is 10.5 Å². The van der Waals surface area contributed by atoms with E-state index >= 15 is 0 Å². The number of carbonyl (C=O) groups excluding carboxylic acids is 4. The first-order valence-electron chi connectivity index (χ1n) is 6.48. The minimum absolute atomic E-state index is 0.242. The molecule has 0 aromatic rings. The fraction of sp³-hybridized carbons (Fsp3) is 0.429. The van der Waals surface area contributed by atoms with Gasteiger partial charge in [0.2, 0.25) is 0 Å². The topological polar surface area (TPSA) is 153 Å². The number of hydrogen-bond donors (Lipinski definition) is 0. The Morgan fingerprint density at radius 1 is 0.667 bits per heavy atom. The van der Waals surface area contributed by atoms with Crippen molar-refractivity contribution in [2.45, 2.75) is 13.8 Å². The smallest absolute Gasteiger partial charge is 0.350 e. The maximum absolute atomic E-state index is 11.7. The highest BCUT2D eigenvalue weighted by atomic mass is 16.6. The van der Waals surface area contributed by atoms with Crippen molar-refractivity contribution in [2.24, 2.45) is 0 Å². The van der Waals surface area contributed by atoms with Gasteiger partial charge in [0.1, 0.15) is 38.6 Å². The van der Waals surface area contributed by atoms with Gasteiger partial charge in [-0.15, -0.1) is 0 Å². The van der Waals surface area contributed by atoms with E-state index in [0.717, 1.165) is 13.8 Å². The number of nitrogens with zero attached hydrogens (tertiary/aromatic N) is 2. The van der Waals surface area contributed by atoms with Crippen LogP contribution in [0, 0.1) is 22.7 Å². The van der Waals surface area contributed by atoms with Crippen LogP contribution in [0.1, 0.15) is 13.8 Å². The third-order valence-corrected chi connectivity index (χ3v) is 2.13. The molecule has 0 N–H and O–H groups in total. The van der Waals surface area contributed by atoms with E-state index in [1.807, 2.05) is 0 Å². The number of rotatable bonds is 8. The maximum atomic E-state index is 11.7. The normalized spacial score (nSPS) is 10.3. The molecular formula is C14H14N2O8. The molecule has 0 aliphatic carbocycles. The molecule has 0 heterocycles. The number of nitriles is 2. The fourth-order valence-electron chi connectivity index (χ4n) is 1.19. The second kappa shape index (κ2) is 11.2. The van der Waals surface area contributed by atoms with Gasteiger partial charge < -0.3 is 18.9 Å². The summed E-state index contributed by atoms with van der Waals surface area (Å²) >= 11 is 0. The largest absolute Gasteiger partial charge is 0.462 e. The predicted molar refractivity (Wildman–Crippen MR) is 73.4 cm³/mol. The fourth-order valence-corrected chi connectivity index (χ4v) is 1.19. The average Bonchev–Trinajstić information content (AvgIpc) is 2.52. The molecule has 24 heavy (non-hydrogen) atoms. The molecule has 0 spiro atoms. The Balaban J connectivity index is 4.77. The van der Waals surface area contributed by atoms with E-state index in [2.05, 4.69) is 18.9 Å². The first kappa shape index (κ1) is 20.6. The molecule has 0 amide bonds. The molecule has 0 aromatic carbocycles. The summed E-state index contributed by atoms with van der Waals surface area (Å²) in [7, 11) is 0. The Morgan fingerprint density at radius 3 is 1.21 bits per heavy atom. The van der Waals surface area contributed by atoms with Gasteiger partial charge in [-0.05, 0) is 0 Å². The number of carbonyl (C=O) groups is 4. The van der Waals surface area contributed by atoms with Crippen LogP contribution in [-0.2, 0) is 38.1 Å². The van der Waals surface area contributed by atoms with Crippen LogP contribution in [0.3, 0.4) is 0 Å². The molecule has 0 aromatic heterocycles. The average molecular weight is 338 g/mol. The molecule has 0 atom stereocenters. The lowest BCUT2D eigenvalue weighted by atomic mass is 10.1. The van der Waals surface area contributed by atoms with Crippen LogP contribution in [0.25, 0.3) is 0 Å². The highest BCUT2D eigenvalue weighted by Gasteiger charge is 2.24. The summed E-state index contributed by atoms with van der Waals surface area (Å²) in [6.45, 7) is 1.11. The molecule has 10 nitrogen and oxygen atoms in total. The standard InChI is InChI=1S/C14H14N2O8/c1-9(17)21-3-5-23-13(19)11(7-15)12(8-16)14(20)24-6-4-22-10(2)18/h3-6H2,1-2H3. The van der Waals surface area contributed by atoms with Crippen LogP contribution in [0.15, 0.2) is 11.1 Å². The van der Waals surface area contributed by atoms with Crippen LogP contribution in [-0.4, -0.2) is 50.3 Å². The third-order valence-electron chi connectivity index (χ3n) is 2.13. The molecule has 0 saturated carbocycles. The van der Waals surface area contributed by atoms with Crippen LogP contribution in [0.4, 0.5) is 0 Å². The van der Waals surface area contributed by atoms with Crippen molar-refractivity contribution in [3.8, 4) is 12.1 Å². The summed E-state index contributed by atoms with van der Waals surface area (Å²) in [6, 6.07) is 2.76. The van der Waals surface area contributed by atoms with Crippen LogP contribution in [0.5, 0.6) is 0 Å². The van der Waals surface area contributed by atoms with Gasteiger partial charge in [0.15, 0.2) is 11.1 Å². The van der Waals surface area contributed by atoms with Gasteiger partial charge in [-0.1, -0.05) is 0 Å². The summed E-state index contributed by atoms with van der Waals surface area (Å²) in [5.74, 6) is -3.65. The summed E-state index contributed by atoms with van der Waals surface area (Å²) < 4.78 is 18.2. The molecule has 0 radical (unpaired) electrons. The Morgan fingerprint density at radius 2 is 0.958 bits per heavy atom. The highest BCUT2D eigenvalue weighted by Crippen LogP contribution is 2.08. The summed E-state index contributed by atoms with van der Waals surface area (Å²) in [6.07, 6.45) is 0. The van der Waals surface area contributed by atoms with Crippen molar-refractivity contribution in [3.05, 3.63) is 11.1 Å². The van der Waals surface area contributed by atoms with Gasteiger partial charge in [0.05, 0.1) is 0 Å². The lowest BCUT2D eigenvalue weighted by Crippen LogP contribution is -2.19. The number of ether oxygens (including phenoxy) is 4. The first-order valence-corrected chi connectivity index (χ1v) is 6.48. The van der Waals surface area contributed by atoms with Crippen molar-refractivity contribution in [2.75, 3.05) is 26.4 Å². The molecule has 0 bridgehead atoms. The number of esters is 4. The van der Waals surface area contributed by atoms with E-state index in [1.54, 1.807) is 0 Å². The monoisotopic (exact) mass is 338 g/mol. The van der Waals surface area contributed by atoms with E-state index in [-0.39, 0.29) is 26.4 Å². The number of hydrogen-bond acceptors (Lipinski definition) is 10. The van der Waals surface area contributed by atoms with Gasteiger partial charge in [0.25, 0.3) is 0 Å². The second-order valence-corrected chi connectivity index (χ2v) is 3.93. The molecule has 0 saturated heterocycles. The van der Waals surface area contributed by atoms with Gasteiger partial charge in [-0.3, -0.25) is 9.59 Å². The van der Waals surface area contributed by atoms with Crippen LogP contribution < -0.4 is 0 Å². The zero-order valence-electron chi connectivity index (χ0n) is 13.0. The molecule has 0 fully saturated rings. The van der Waals surface area contributed by atoms with Crippen molar-refractivity contribution in [3.63, 3.8) is 0 Å². The van der Waals surface area contributed by atoms with E-state index in [9.17, 15) is 19.2 Å². The van der Waals surface area contributed by atoms with Crippen LogP contribution in [0.2, 0.25) is 0 Å². The van der Waals surface area contributed by atoms with Crippen molar-refractivity contribution < 1.29 is 38.1 Å². The SMILES string of the molecule is CC(=O)OCCOC(=O)C(C#N)=C(C#N)C(=O)OCCOC(C)=O. The lowest BCUT2D eigenvalue weighted by Gasteiger charge is -2.06. The molecule has 0 rings (SSSR count). The highest BCUT2D eigenvalue weighted by molar-refractivity contribution is 6.05. The zero-order valence-corrected chi connectivity index (χ0v) is 13.0. The first-order chi connectivity index (χ1) is 11.3. The van der Waals surface area contributed by atoms with Gasteiger partial charge in [-0.2, -0.15) is 10.5 Å². The minimum atomic E-state index is -1.24. The predicted octanol–water partition coefficient (Wildman–Crippen LogP) is -0.457. The zero-order chi connectivity index (χ0) is 18.5. The molecular weight excluding hydrogens is 324 g/mol. The van der Waals surface area contributed by atoms with E-state index < -0.39 is 35.0 Å². The molecule has 0 unspecified atom stereocenters. The maximum Gasteiger partial charge on any atom is 0.350 e. The Kier molecular flexibility index (Phi) is 9.62. The molecule has 0 aliphatic heterocycles. The summed E-state index contributed by atoms with van der Waals surface area (Å²) in [5.41, 5.74) is -1.70. The quantitative estimate of drug-likeness (QED) is 0.187. The summed E-state index contributed by atoms with van der Waals surface area (Å²) in [5, 5.41) is 17.8. The Labute approximate surface area is 137 Å².